The standard InChI is InChI=1S/C9H11N3O3/c1-6(9(10)13)11-7-2-4-8(5-3-7)12(14)15/h2-6,11H,1H3,(H2,10,13). The van der Waals surface area contributed by atoms with Gasteiger partial charge in [-0.25, -0.2) is 0 Å². The number of rotatable bonds is 4. The first-order valence-corrected chi connectivity index (χ1v) is 4.31. The number of nitro groups is 1. The highest BCUT2D eigenvalue weighted by Gasteiger charge is 2.09. The largest absolute Gasteiger partial charge is 0.374 e. The maximum atomic E-state index is 10.7. The molecule has 6 nitrogen and oxygen atoms in total. The Morgan fingerprint density at radius 2 is 2.00 bits per heavy atom. The molecule has 1 amide bonds. The van der Waals surface area contributed by atoms with Crippen LogP contribution in [0.4, 0.5) is 11.4 Å². The number of primary amides is 1. The van der Waals surface area contributed by atoms with Gasteiger partial charge in [0.1, 0.15) is 6.04 Å². The van der Waals surface area contributed by atoms with Crippen LogP contribution in [0.3, 0.4) is 0 Å². The van der Waals surface area contributed by atoms with Crippen molar-refractivity contribution < 1.29 is 9.72 Å². The van der Waals surface area contributed by atoms with Crippen molar-refractivity contribution in [1.29, 1.82) is 0 Å². The lowest BCUT2D eigenvalue weighted by molar-refractivity contribution is -0.384. The van der Waals surface area contributed by atoms with Gasteiger partial charge in [0.15, 0.2) is 0 Å². The molecule has 0 bridgehead atoms. The van der Waals surface area contributed by atoms with Crippen molar-refractivity contribution in [1.82, 2.24) is 0 Å². The molecule has 1 atom stereocenters. The molecule has 0 radical (unpaired) electrons. The molecule has 1 unspecified atom stereocenters. The van der Waals surface area contributed by atoms with Gasteiger partial charge in [-0.05, 0) is 19.1 Å². The quantitative estimate of drug-likeness (QED) is 0.568. The lowest BCUT2D eigenvalue weighted by atomic mass is 10.2. The van der Waals surface area contributed by atoms with E-state index in [2.05, 4.69) is 5.32 Å². The number of hydrogen-bond acceptors (Lipinski definition) is 4. The molecule has 0 spiro atoms. The molecule has 6 heteroatoms. The topological polar surface area (TPSA) is 98.3 Å². The first kappa shape index (κ1) is 11.0. The van der Waals surface area contributed by atoms with E-state index >= 15 is 0 Å². The summed E-state index contributed by atoms with van der Waals surface area (Å²) in [6.07, 6.45) is 0. The van der Waals surface area contributed by atoms with Crippen LogP contribution in [0.15, 0.2) is 24.3 Å². The lowest BCUT2D eigenvalue weighted by Gasteiger charge is -2.10. The summed E-state index contributed by atoms with van der Waals surface area (Å²) in [4.78, 5) is 20.6. The number of nitrogens with one attached hydrogen (secondary N) is 1. The fourth-order valence-electron chi connectivity index (χ4n) is 1.00. The summed E-state index contributed by atoms with van der Waals surface area (Å²) in [5.74, 6) is -0.478. The van der Waals surface area contributed by atoms with Crippen LogP contribution in [0.2, 0.25) is 0 Å². The molecule has 0 saturated heterocycles. The van der Waals surface area contributed by atoms with Gasteiger partial charge in [0, 0.05) is 17.8 Å². The Kier molecular flexibility index (Phi) is 3.22. The number of hydrogen-bond donors (Lipinski definition) is 2. The molecule has 15 heavy (non-hydrogen) atoms. The van der Waals surface area contributed by atoms with Crippen molar-refractivity contribution in [3.05, 3.63) is 34.4 Å². The number of carbonyl (C=O) groups excluding carboxylic acids is 1. The zero-order valence-electron chi connectivity index (χ0n) is 8.14. The van der Waals surface area contributed by atoms with Crippen LogP contribution in [0.25, 0.3) is 0 Å². The van der Waals surface area contributed by atoms with Gasteiger partial charge >= 0.3 is 0 Å². The van der Waals surface area contributed by atoms with Gasteiger partial charge < -0.3 is 11.1 Å². The Morgan fingerprint density at radius 3 is 2.40 bits per heavy atom. The maximum absolute atomic E-state index is 10.7. The highest BCUT2D eigenvalue weighted by Crippen LogP contribution is 2.15. The predicted octanol–water partition coefficient (Wildman–Crippen LogP) is 0.881. The van der Waals surface area contributed by atoms with Crippen LogP contribution in [-0.2, 0) is 4.79 Å². The molecular weight excluding hydrogens is 198 g/mol. The van der Waals surface area contributed by atoms with Crippen LogP contribution in [0.1, 0.15) is 6.92 Å². The van der Waals surface area contributed by atoms with Crippen molar-refractivity contribution in [2.24, 2.45) is 5.73 Å². The van der Waals surface area contributed by atoms with Gasteiger partial charge in [-0.15, -0.1) is 0 Å². The van der Waals surface area contributed by atoms with Crippen LogP contribution in [0.5, 0.6) is 0 Å². The zero-order valence-corrected chi connectivity index (χ0v) is 8.14. The predicted molar refractivity (Wildman–Crippen MR) is 55.4 cm³/mol. The highest BCUT2D eigenvalue weighted by atomic mass is 16.6. The minimum absolute atomic E-state index is 0.00674. The summed E-state index contributed by atoms with van der Waals surface area (Å²) >= 11 is 0. The van der Waals surface area contributed by atoms with E-state index in [0.29, 0.717) is 5.69 Å². The number of amides is 1. The lowest BCUT2D eigenvalue weighted by Crippen LogP contribution is -2.32. The van der Waals surface area contributed by atoms with E-state index in [9.17, 15) is 14.9 Å². The van der Waals surface area contributed by atoms with E-state index in [1.54, 1.807) is 6.92 Å². The molecular formula is C9H11N3O3. The Morgan fingerprint density at radius 1 is 1.47 bits per heavy atom. The number of anilines is 1. The second-order valence-corrected chi connectivity index (χ2v) is 3.07. The minimum Gasteiger partial charge on any atom is -0.374 e. The minimum atomic E-state index is -0.508. The second kappa shape index (κ2) is 4.41. The summed E-state index contributed by atoms with van der Waals surface area (Å²) in [5.41, 5.74) is 5.68. The van der Waals surface area contributed by atoms with Gasteiger partial charge in [-0.1, -0.05) is 0 Å². The van der Waals surface area contributed by atoms with Crippen LogP contribution < -0.4 is 11.1 Å². The molecule has 3 N–H and O–H groups in total. The SMILES string of the molecule is CC(Nc1ccc([N+](=O)[O-])cc1)C(N)=O. The molecule has 0 fully saturated rings. The Hall–Kier alpha value is -2.11. The van der Waals surface area contributed by atoms with E-state index in [1.807, 2.05) is 0 Å². The monoisotopic (exact) mass is 209 g/mol. The van der Waals surface area contributed by atoms with Gasteiger partial charge in [-0.2, -0.15) is 0 Å². The van der Waals surface area contributed by atoms with Crippen LogP contribution in [-0.4, -0.2) is 16.9 Å². The zero-order chi connectivity index (χ0) is 11.4. The third-order valence-electron chi connectivity index (χ3n) is 1.89. The smallest absolute Gasteiger partial charge is 0.269 e. The Labute approximate surface area is 86.2 Å². The Bertz CT molecular complexity index is 375. The third kappa shape index (κ3) is 2.94. The normalized spacial score (nSPS) is 11.8. The van der Waals surface area contributed by atoms with Gasteiger partial charge in [0.25, 0.3) is 5.69 Å². The van der Waals surface area contributed by atoms with Crippen molar-refractivity contribution >= 4 is 17.3 Å². The molecule has 1 aromatic rings. The summed E-state index contributed by atoms with van der Waals surface area (Å²) in [6, 6.07) is 5.26. The number of nitrogens with two attached hydrogens (primary N) is 1. The number of benzene rings is 1. The summed E-state index contributed by atoms with van der Waals surface area (Å²) in [6.45, 7) is 1.61. The highest BCUT2D eigenvalue weighted by molar-refractivity contribution is 5.82. The van der Waals surface area contributed by atoms with E-state index < -0.39 is 16.9 Å². The van der Waals surface area contributed by atoms with Crippen molar-refractivity contribution in [2.45, 2.75) is 13.0 Å². The number of non-ortho nitro benzene ring substituents is 1. The van der Waals surface area contributed by atoms with Crippen molar-refractivity contribution in [3.63, 3.8) is 0 Å². The second-order valence-electron chi connectivity index (χ2n) is 3.07. The van der Waals surface area contributed by atoms with Crippen molar-refractivity contribution in [2.75, 3.05) is 5.32 Å². The number of carbonyl (C=O) groups is 1. The average molecular weight is 209 g/mol. The van der Waals surface area contributed by atoms with Crippen LogP contribution in [0, 0.1) is 10.1 Å². The number of nitrogens with zero attached hydrogens (tertiary/aromatic N) is 1. The fourth-order valence-corrected chi connectivity index (χ4v) is 1.00. The molecule has 1 aromatic carbocycles. The molecule has 0 aromatic heterocycles. The third-order valence-corrected chi connectivity index (χ3v) is 1.89. The molecule has 0 aliphatic heterocycles. The summed E-state index contributed by atoms with van der Waals surface area (Å²) < 4.78 is 0. The number of nitro benzene ring substituents is 1. The molecule has 0 heterocycles. The van der Waals surface area contributed by atoms with E-state index in [0.717, 1.165) is 0 Å². The van der Waals surface area contributed by atoms with Gasteiger partial charge in [0.05, 0.1) is 4.92 Å². The Balaban J connectivity index is 2.72. The maximum Gasteiger partial charge on any atom is 0.269 e. The molecule has 1 rings (SSSR count). The van der Waals surface area contributed by atoms with E-state index in [1.165, 1.54) is 24.3 Å². The van der Waals surface area contributed by atoms with Crippen molar-refractivity contribution in [3.8, 4) is 0 Å². The summed E-state index contributed by atoms with van der Waals surface area (Å²) in [7, 11) is 0. The fraction of sp³-hybridized carbons (Fsp3) is 0.222. The van der Waals surface area contributed by atoms with E-state index in [-0.39, 0.29) is 5.69 Å². The average Bonchev–Trinajstić information content (AvgIpc) is 2.18. The molecule has 0 aliphatic carbocycles. The van der Waals surface area contributed by atoms with Crippen LogP contribution >= 0.6 is 0 Å². The summed E-state index contributed by atoms with van der Waals surface area (Å²) in [5, 5.41) is 13.2. The van der Waals surface area contributed by atoms with Gasteiger partial charge in [-0.3, -0.25) is 14.9 Å². The molecule has 0 saturated carbocycles. The molecule has 80 valence electrons. The first-order valence-electron chi connectivity index (χ1n) is 4.31. The first-order chi connectivity index (χ1) is 7.00. The van der Waals surface area contributed by atoms with E-state index in [4.69, 9.17) is 5.73 Å². The van der Waals surface area contributed by atoms with Gasteiger partial charge in [0.2, 0.25) is 5.91 Å². The molecule has 0 aliphatic rings.